The van der Waals surface area contributed by atoms with Crippen LogP contribution in [0.1, 0.15) is 54.8 Å². The topological polar surface area (TPSA) is 123 Å². The molecule has 1 amide bonds. The van der Waals surface area contributed by atoms with Gasteiger partial charge in [-0.25, -0.2) is 14.8 Å². The molecule has 8 rings (SSSR count). The summed E-state index contributed by atoms with van der Waals surface area (Å²) in [6.07, 6.45) is 7.03. The van der Waals surface area contributed by atoms with Crippen molar-refractivity contribution in [1.29, 1.82) is 0 Å². The third kappa shape index (κ3) is 5.50. The number of halogens is 1. The number of piperidine rings is 1. The third-order valence-corrected chi connectivity index (χ3v) is 11.6. The predicted molar refractivity (Wildman–Crippen MR) is 199 cm³/mol. The van der Waals surface area contributed by atoms with Crippen molar-refractivity contribution in [3.8, 4) is 28.3 Å². The van der Waals surface area contributed by atoms with Crippen molar-refractivity contribution in [3.63, 3.8) is 0 Å². The molecular formula is C39H40ClN7O4. The Bertz CT molecular complexity index is 2370. The number of hydrogen-bond acceptors (Lipinski definition) is 8. The first-order chi connectivity index (χ1) is 24.6. The highest BCUT2D eigenvalue weighted by Crippen LogP contribution is 2.47. The number of carbonyl (C=O) groups excluding carboxylic acids is 1. The molecule has 2 fully saturated rings. The molecule has 51 heavy (non-hydrogen) atoms. The third-order valence-electron chi connectivity index (χ3n) is 11.1. The number of benzene rings is 2. The molecule has 0 bridgehead atoms. The molecule has 2 atom stereocenters. The molecule has 2 N–H and O–H groups in total. The van der Waals surface area contributed by atoms with Gasteiger partial charge in [0.15, 0.2) is 0 Å². The number of carbonyl (C=O) groups is 1. The van der Waals surface area contributed by atoms with Crippen LogP contribution in [0.3, 0.4) is 0 Å². The Morgan fingerprint density at radius 3 is 2.59 bits per heavy atom. The van der Waals surface area contributed by atoms with Gasteiger partial charge in [0, 0.05) is 68.2 Å². The minimum atomic E-state index is -0.418. The summed E-state index contributed by atoms with van der Waals surface area (Å²) >= 11 is 7.25. The highest BCUT2D eigenvalue weighted by molar-refractivity contribution is 6.36. The first-order valence-corrected chi connectivity index (χ1v) is 17.8. The zero-order chi connectivity index (χ0) is 35.6. The minimum absolute atomic E-state index is 0.125. The molecule has 0 radical (unpaired) electrons. The summed E-state index contributed by atoms with van der Waals surface area (Å²) < 4.78 is 8.50. The Morgan fingerprint density at radius 2 is 1.78 bits per heavy atom. The second-order valence-electron chi connectivity index (χ2n) is 14.1. The van der Waals surface area contributed by atoms with E-state index < -0.39 is 11.2 Å². The molecule has 0 unspecified atom stereocenters. The van der Waals surface area contributed by atoms with Crippen LogP contribution in [0.5, 0.6) is 5.88 Å². The summed E-state index contributed by atoms with van der Waals surface area (Å²) in [7, 11) is 4.78. The number of methoxy groups -OCH3 is 1. The van der Waals surface area contributed by atoms with Crippen molar-refractivity contribution >= 4 is 39.9 Å². The number of likely N-dealkylation sites (tertiary alicyclic amines) is 1. The molecule has 3 aliphatic rings. The van der Waals surface area contributed by atoms with Gasteiger partial charge in [-0.2, -0.15) is 0 Å². The number of nitrogens with one attached hydrogen (secondary N) is 2. The Kier molecular flexibility index (Phi) is 8.22. The first kappa shape index (κ1) is 33.2. The molecule has 11 nitrogen and oxygen atoms in total. The van der Waals surface area contributed by atoms with Crippen LogP contribution < -0.4 is 26.6 Å². The highest BCUT2D eigenvalue weighted by Gasteiger charge is 2.45. The Balaban J connectivity index is 1.12. The van der Waals surface area contributed by atoms with Gasteiger partial charge in [0.05, 0.1) is 28.9 Å². The lowest BCUT2D eigenvalue weighted by atomic mass is 9.88. The standard InChI is InChI=1S/C39H40ClN7O4/c1-22-24(8-6-11-27(22)42-35-33-29(15-18-41-35)45(2)38(50)46(3)37(33)49)25-9-5-10-26(34(25)40)28-20-23-13-14-30(32(23)36(43-28)51-4)47-19-17-39(21-47)16-7-12-31(48)44-39/h5-6,8-11,15,18,20,30H,7,12-14,16-17,19,21H2,1-4H3,(H,41,42)(H,44,48)/t30-,39-/m1/s1. The fraction of sp³-hybridized carbons (Fsp3) is 0.359. The monoisotopic (exact) mass is 705 g/mol. The summed E-state index contributed by atoms with van der Waals surface area (Å²) in [5.74, 6) is 1.15. The van der Waals surface area contributed by atoms with Crippen molar-refractivity contribution in [2.75, 3.05) is 25.5 Å². The molecular weight excluding hydrogens is 666 g/mol. The second kappa shape index (κ2) is 12.6. The van der Waals surface area contributed by atoms with E-state index in [1.54, 1.807) is 26.4 Å². The molecule has 1 spiro atoms. The largest absolute Gasteiger partial charge is 0.481 e. The number of amides is 1. The molecule has 5 aromatic rings. The molecule has 262 valence electrons. The lowest BCUT2D eigenvalue weighted by molar-refractivity contribution is -0.125. The van der Waals surface area contributed by atoms with Gasteiger partial charge in [0.2, 0.25) is 11.8 Å². The smallest absolute Gasteiger partial charge is 0.330 e. The van der Waals surface area contributed by atoms with Crippen molar-refractivity contribution in [2.45, 2.75) is 57.0 Å². The number of ether oxygens (including phenoxy) is 1. The van der Waals surface area contributed by atoms with E-state index in [1.165, 1.54) is 17.2 Å². The summed E-state index contributed by atoms with van der Waals surface area (Å²) in [5, 5.41) is 7.58. The van der Waals surface area contributed by atoms with Gasteiger partial charge in [-0.15, -0.1) is 0 Å². The second-order valence-corrected chi connectivity index (χ2v) is 14.5. The molecule has 12 heteroatoms. The van der Waals surface area contributed by atoms with Gasteiger partial charge >= 0.3 is 5.69 Å². The molecule has 2 saturated heterocycles. The van der Waals surface area contributed by atoms with Crippen LogP contribution in [0.15, 0.2) is 64.3 Å². The van der Waals surface area contributed by atoms with Gasteiger partial charge < -0.3 is 15.4 Å². The van der Waals surface area contributed by atoms with Crippen LogP contribution in [0.2, 0.25) is 5.02 Å². The van der Waals surface area contributed by atoms with Crippen LogP contribution in [0.25, 0.3) is 33.3 Å². The number of pyridine rings is 2. The van der Waals surface area contributed by atoms with E-state index in [1.807, 2.05) is 43.3 Å². The SMILES string of the molecule is COc1nc(-c2cccc(-c3cccc(Nc4nccc5c4c(=O)n(C)c(=O)n5C)c3C)c2Cl)cc2c1[C@H](N1CC[C@]3(CCCC(=O)N3)C1)CC2. The zero-order valence-electron chi connectivity index (χ0n) is 29.2. The van der Waals surface area contributed by atoms with E-state index in [0.29, 0.717) is 34.0 Å². The van der Waals surface area contributed by atoms with Crippen molar-refractivity contribution < 1.29 is 9.53 Å². The van der Waals surface area contributed by atoms with Gasteiger partial charge in [-0.05, 0) is 73.9 Å². The number of aryl methyl sites for hydroxylation is 2. The van der Waals surface area contributed by atoms with Crippen molar-refractivity contribution in [3.05, 3.63) is 97.3 Å². The summed E-state index contributed by atoms with van der Waals surface area (Å²) in [6, 6.07) is 15.9. The van der Waals surface area contributed by atoms with Crippen LogP contribution in [0.4, 0.5) is 11.5 Å². The molecule has 5 heterocycles. The van der Waals surface area contributed by atoms with Crippen LogP contribution >= 0.6 is 11.6 Å². The van der Waals surface area contributed by atoms with Crippen molar-refractivity contribution in [2.24, 2.45) is 14.1 Å². The average Bonchev–Trinajstić information content (AvgIpc) is 3.74. The van der Waals surface area contributed by atoms with Gasteiger partial charge in [0.25, 0.3) is 5.56 Å². The maximum atomic E-state index is 13.2. The average molecular weight is 706 g/mol. The van der Waals surface area contributed by atoms with E-state index in [-0.39, 0.29) is 17.5 Å². The maximum absolute atomic E-state index is 13.2. The fourth-order valence-corrected chi connectivity index (χ4v) is 8.80. The van der Waals surface area contributed by atoms with Gasteiger partial charge in [-0.3, -0.25) is 23.6 Å². The van der Waals surface area contributed by atoms with E-state index >= 15 is 0 Å². The normalized spacial score (nSPS) is 20.2. The Labute approximate surface area is 300 Å². The Morgan fingerprint density at radius 1 is 1.00 bits per heavy atom. The maximum Gasteiger partial charge on any atom is 0.330 e. The van der Waals surface area contributed by atoms with Crippen LogP contribution in [0, 0.1) is 6.92 Å². The van der Waals surface area contributed by atoms with E-state index in [2.05, 4.69) is 26.6 Å². The summed E-state index contributed by atoms with van der Waals surface area (Å²) in [5.41, 5.74) is 6.89. The van der Waals surface area contributed by atoms with E-state index in [0.717, 1.165) is 89.0 Å². The quantitative estimate of drug-likeness (QED) is 0.227. The lowest BCUT2D eigenvalue weighted by Gasteiger charge is -2.35. The predicted octanol–water partition coefficient (Wildman–Crippen LogP) is 5.81. The van der Waals surface area contributed by atoms with Crippen LogP contribution in [-0.4, -0.2) is 55.6 Å². The number of aromatic nitrogens is 4. The summed E-state index contributed by atoms with van der Waals surface area (Å²) in [6.45, 7) is 3.78. The number of fused-ring (bicyclic) bond motifs is 2. The van der Waals surface area contributed by atoms with Crippen molar-refractivity contribution in [1.82, 2.24) is 29.3 Å². The molecule has 1 aliphatic carbocycles. The number of anilines is 2. The summed E-state index contributed by atoms with van der Waals surface area (Å²) in [4.78, 5) is 50.1. The molecule has 3 aromatic heterocycles. The highest BCUT2D eigenvalue weighted by atomic mass is 35.5. The molecule has 2 aliphatic heterocycles. The number of nitrogens with zero attached hydrogens (tertiary/aromatic N) is 5. The Hall–Kier alpha value is -5.00. The first-order valence-electron chi connectivity index (χ1n) is 17.4. The van der Waals surface area contributed by atoms with Gasteiger partial charge in [-0.1, -0.05) is 41.9 Å². The van der Waals surface area contributed by atoms with Crippen LogP contribution in [-0.2, 0) is 25.3 Å². The minimum Gasteiger partial charge on any atom is -0.481 e. The zero-order valence-corrected chi connectivity index (χ0v) is 29.9. The van der Waals surface area contributed by atoms with Gasteiger partial charge in [0.1, 0.15) is 11.2 Å². The van der Waals surface area contributed by atoms with E-state index in [9.17, 15) is 14.4 Å². The lowest BCUT2D eigenvalue weighted by Crippen LogP contribution is -2.53. The molecule has 0 saturated carbocycles. The number of rotatable bonds is 6. The molecule has 2 aromatic carbocycles. The van der Waals surface area contributed by atoms with E-state index in [4.69, 9.17) is 21.3 Å². The number of hydrogen-bond donors (Lipinski definition) is 2. The fourth-order valence-electron chi connectivity index (χ4n) is 8.47.